The van der Waals surface area contributed by atoms with Gasteiger partial charge in [0.1, 0.15) is 30.4 Å². The van der Waals surface area contributed by atoms with Gasteiger partial charge in [-0.2, -0.15) is 5.11 Å². The molecule has 9 nitrogen and oxygen atoms in total. The van der Waals surface area contributed by atoms with Crippen LogP contribution in [0.3, 0.4) is 0 Å². The standard InChI is InChI=1S/C22H25N3O6/c1-14(2)21(27)30-10-9-23-22(28)31-13-16-11-15(3)12-19(20(16)26)25-24-17-5-7-18(29-4)8-6-17/h5-8,11-12,26H,1,9-10,13H2,2-4H3,(H,23,28). The molecule has 0 saturated carbocycles. The number of rotatable bonds is 9. The van der Waals surface area contributed by atoms with Crippen molar-refractivity contribution in [3.63, 3.8) is 0 Å². The number of carbonyl (C=O) groups excluding carboxylic acids is 2. The third-order valence-corrected chi connectivity index (χ3v) is 3.97. The Labute approximate surface area is 180 Å². The summed E-state index contributed by atoms with van der Waals surface area (Å²) in [5, 5.41) is 21.1. The number of phenols is 1. The summed E-state index contributed by atoms with van der Waals surface area (Å²) in [5.41, 5.74) is 2.31. The first-order valence-electron chi connectivity index (χ1n) is 9.41. The Balaban J connectivity index is 1.93. The third kappa shape index (κ3) is 7.46. The molecule has 2 aromatic rings. The summed E-state index contributed by atoms with van der Waals surface area (Å²) in [5.74, 6) is 0.0336. The highest BCUT2D eigenvalue weighted by Crippen LogP contribution is 2.33. The van der Waals surface area contributed by atoms with Crippen LogP contribution < -0.4 is 10.1 Å². The van der Waals surface area contributed by atoms with Gasteiger partial charge in [0.15, 0.2) is 0 Å². The van der Waals surface area contributed by atoms with E-state index >= 15 is 0 Å². The second-order valence-corrected chi connectivity index (χ2v) is 6.61. The molecule has 0 spiro atoms. The maximum Gasteiger partial charge on any atom is 0.407 e. The number of aromatic hydroxyl groups is 1. The second-order valence-electron chi connectivity index (χ2n) is 6.61. The average molecular weight is 427 g/mol. The van der Waals surface area contributed by atoms with Crippen LogP contribution in [0, 0.1) is 6.92 Å². The van der Waals surface area contributed by atoms with Crippen molar-refractivity contribution in [1.29, 1.82) is 0 Å². The molecule has 0 aliphatic rings. The first-order valence-corrected chi connectivity index (χ1v) is 9.41. The van der Waals surface area contributed by atoms with Gasteiger partial charge in [-0.15, -0.1) is 5.11 Å². The smallest absolute Gasteiger partial charge is 0.407 e. The van der Waals surface area contributed by atoms with Crippen LogP contribution in [0.1, 0.15) is 18.1 Å². The van der Waals surface area contributed by atoms with Crippen molar-refractivity contribution < 1.29 is 28.9 Å². The lowest BCUT2D eigenvalue weighted by Gasteiger charge is -2.10. The van der Waals surface area contributed by atoms with Crippen LogP contribution in [0.15, 0.2) is 58.8 Å². The van der Waals surface area contributed by atoms with E-state index in [4.69, 9.17) is 14.2 Å². The van der Waals surface area contributed by atoms with Crippen LogP contribution in [0.25, 0.3) is 0 Å². The number of ether oxygens (including phenoxy) is 3. The van der Waals surface area contributed by atoms with Crippen LogP contribution in [0.2, 0.25) is 0 Å². The van der Waals surface area contributed by atoms with Gasteiger partial charge in [-0.3, -0.25) is 0 Å². The minimum absolute atomic E-state index is 0.00756. The number of alkyl carbamates (subject to hydrolysis) is 1. The Kier molecular flexibility index (Phi) is 8.56. The minimum Gasteiger partial charge on any atom is -0.505 e. The summed E-state index contributed by atoms with van der Waals surface area (Å²) in [6.07, 6.45) is -0.714. The maximum absolute atomic E-state index is 11.8. The molecule has 0 aromatic heterocycles. The molecule has 0 saturated heterocycles. The lowest BCUT2D eigenvalue weighted by molar-refractivity contribution is -0.138. The van der Waals surface area contributed by atoms with Crippen molar-refractivity contribution in [3.05, 3.63) is 59.7 Å². The second kappa shape index (κ2) is 11.3. The number of phenolic OH excluding ortho intramolecular Hbond substituents is 1. The molecule has 2 N–H and O–H groups in total. The summed E-state index contributed by atoms with van der Waals surface area (Å²) >= 11 is 0. The number of hydrogen-bond donors (Lipinski definition) is 2. The largest absolute Gasteiger partial charge is 0.505 e. The van der Waals surface area contributed by atoms with Gasteiger partial charge in [-0.1, -0.05) is 6.58 Å². The highest BCUT2D eigenvalue weighted by molar-refractivity contribution is 5.86. The van der Waals surface area contributed by atoms with Crippen molar-refractivity contribution in [2.45, 2.75) is 20.5 Å². The van der Waals surface area contributed by atoms with Gasteiger partial charge in [0.05, 0.1) is 19.3 Å². The maximum atomic E-state index is 11.8. The van der Waals surface area contributed by atoms with Crippen LogP contribution in [-0.4, -0.2) is 37.4 Å². The molecule has 0 atom stereocenters. The van der Waals surface area contributed by atoms with E-state index in [9.17, 15) is 14.7 Å². The Morgan fingerprint density at radius 2 is 1.84 bits per heavy atom. The van der Waals surface area contributed by atoms with E-state index < -0.39 is 12.1 Å². The minimum atomic E-state index is -0.714. The molecule has 164 valence electrons. The van der Waals surface area contributed by atoms with Crippen LogP contribution in [-0.2, 0) is 20.9 Å². The molecule has 2 rings (SSSR count). The van der Waals surface area contributed by atoms with Crippen molar-refractivity contribution in [3.8, 4) is 11.5 Å². The van der Waals surface area contributed by atoms with Crippen LogP contribution in [0.5, 0.6) is 11.5 Å². The van der Waals surface area contributed by atoms with Crippen LogP contribution >= 0.6 is 0 Å². The number of hydrogen-bond acceptors (Lipinski definition) is 8. The predicted molar refractivity (Wildman–Crippen MR) is 114 cm³/mol. The van der Waals surface area contributed by atoms with Crippen molar-refractivity contribution in [2.75, 3.05) is 20.3 Å². The molecule has 0 unspecified atom stereocenters. The van der Waals surface area contributed by atoms with Gasteiger partial charge in [-0.25, -0.2) is 9.59 Å². The molecular formula is C22H25N3O6. The van der Waals surface area contributed by atoms with Crippen molar-refractivity contribution >= 4 is 23.4 Å². The molecule has 0 aliphatic heterocycles. The fraction of sp³-hybridized carbons (Fsp3) is 0.273. The summed E-state index contributed by atoms with van der Waals surface area (Å²) < 4.78 is 15.1. The molecule has 0 heterocycles. The topological polar surface area (TPSA) is 119 Å². The first kappa shape index (κ1) is 23.4. The van der Waals surface area contributed by atoms with Gasteiger partial charge >= 0.3 is 12.1 Å². The van der Waals surface area contributed by atoms with E-state index in [0.29, 0.717) is 17.0 Å². The van der Waals surface area contributed by atoms with E-state index in [2.05, 4.69) is 22.1 Å². The zero-order valence-electron chi connectivity index (χ0n) is 17.7. The summed E-state index contributed by atoms with van der Waals surface area (Å²) in [7, 11) is 1.57. The number of amides is 1. The van der Waals surface area contributed by atoms with Crippen molar-refractivity contribution in [1.82, 2.24) is 5.32 Å². The number of aryl methyl sites for hydroxylation is 1. The van der Waals surface area contributed by atoms with Gasteiger partial charge in [-0.05, 0) is 55.8 Å². The van der Waals surface area contributed by atoms with Gasteiger partial charge in [0, 0.05) is 11.1 Å². The fourth-order valence-corrected chi connectivity index (χ4v) is 2.39. The van der Waals surface area contributed by atoms with Gasteiger partial charge in [0.25, 0.3) is 0 Å². The Morgan fingerprint density at radius 3 is 2.48 bits per heavy atom. The monoisotopic (exact) mass is 427 g/mol. The quantitative estimate of drug-likeness (QED) is 0.264. The zero-order chi connectivity index (χ0) is 22.8. The molecule has 2 aromatic carbocycles. The van der Waals surface area contributed by atoms with Gasteiger partial charge < -0.3 is 24.6 Å². The molecule has 1 amide bonds. The Morgan fingerprint density at radius 1 is 1.13 bits per heavy atom. The lowest BCUT2D eigenvalue weighted by atomic mass is 10.1. The number of nitrogens with one attached hydrogen (secondary N) is 1. The SMILES string of the molecule is C=C(C)C(=O)OCCNC(=O)OCc1cc(C)cc(N=Nc2ccc(OC)cc2)c1O. The zero-order valence-corrected chi connectivity index (χ0v) is 17.7. The number of esters is 1. The Bertz CT molecular complexity index is 970. The van der Waals surface area contributed by atoms with Crippen molar-refractivity contribution in [2.24, 2.45) is 10.2 Å². The molecule has 0 bridgehead atoms. The fourth-order valence-electron chi connectivity index (χ4n) is 2.39. The van der Waals surface area contributed by atoms with Crippen LogP contribution in [0.4, 0.5) is 16.2 Å². The van der Waals surface area contributed by atoms with Gasteiger partial charge in [0.2, 0.25) is 0 Å². The lowest BCUT2D eigenvalue weighted by Crippen LogP contribution is -2.28. The van der Waals surface area contributed by atoms with E-state index in [0.717, 1.165) is 5.56 Å². The average Bonchev–Trinajstić information content (AvgIpc) is 2.76. The third-order valence-electron chi connectivity index (χ3n) is 3.97. The normalized spacial score (nSPS) is 10.5. The van der Waals surface area contributed by atoms with E-state index in [1.165, 1.54) is 6.92 Å². The van der Waals surface area contributed by atoms with E-state index in [1.807, 2.05) is 6.92 Å². The number of benzene rings is 2. The molecular weight excluding hydrogens is 402 g/mol. The number of methoxy groups -OCH3 is 1. The Hall–Kier alpha value is -3.88. The molecule has 0 radical (unpaired) electrons. The molecule has 9 heteroatoms. The summed E-state index contributed by atoms with van der Waals surface area (Å²) in [4.78, 5) is 23.1. The summed E-state index contributed by atoms with van der Waals surface area (Å²) in [6.45, 7) is 6.72. The number of azo groups is 1. The van der Waals surface area contributed by atoms with E-state index in [1.54, 1.807) is 43.5 Å². The summed E-state index contributed by atoms with van der Waals surface area (Å²) in [6, 6.07) is 10.3. The highest BCUT2D eigenvalue weighted by atomic mass is 16.6. The number of nitrogens with zero attached hydrogens (tertiary/aromatic N) is 2. The molecule has 0 aliphatic carbocycles. The first-order chi connectivity index (χ1) is 14.8. The molecule has 31 heavy (non-hydrogen) atoms. The molecule has 0 fully saturated rings. The van der Waals surface area contributed by atoms with E-state index in [-0.39, 0.29) is 36.8 Å². The predicted octanol–water partition coefficient (Wildman–Crippen LogP) is 4.47. The number of carbonyl (C=O) groups is 2. The highest BCUT2D eigenvalue weighted by Gasteiger charge is 2.12.